The second-order valence-electron chi connectivity index (χ2n) is 5.46. The third-order valence-corrected chi connectivity index (χ3v) is 3.42. The van der Waals surface area contributed by atoms with Gasteiger partial charge in [0, 0.05) is 6.07 Å². The Balaban J connectivity index is 1.85. The molecule has 6 heteroatoms. The molecule has 3 N–H and O–H groups in total. The van der Waals surface area contributed by atoms with E-state index in [1.165, 1.54) is 12.1 Å². The third kappa shape index (κ3) is 4.49. The van der Waals surface area contributed by atoms with Crippen LogP contribution >= 0.6 is 0 Å². The maximum Gasteiger partial charge on any atom is 0.258 e. The number of carbonyl (C=O) groups excluding carboxylic acids is 2. The van der Waals surface area contributed by atoms with Crippen molar-refractivity contribution in [2.45, 2.75) is 13.8 Å². The molecule has 6 nitrogen and oxygen atoms in total. The lowest BCUT2D eigenvalue weighted by Gasteiger charge is -2.10. The van der Waals surface area contributed by atoms with Crippen LogP contribution < -0.4 is 10.1 Å². The number of nitrogens with one attached hydrogen (secondary N) is 1. The third-order valence-electron chi connectivity index (χ3n) is 3.42. The number of hydrogen-bond acceptors (Lipinski definition) is 5. The zero-order valence-corrected chi connectivity index (χ0v) is 13.5. The average Bonchev–Trinajstić information content (AvgIpc) is 2.51. The molecule has 0 saturated heterocycles. The van der Waals surface area contributed by atoms with Gasteiger partial charge in [0.1, 0.15) is 17.2 Å². The molecule has 2 aromatic carbocycles. The molecule has 0 aliphatic heterocycles. The molecule has 0 bridgehead atoms. The molecule has 24 heavy (non-hydrogen) atoms. The summed E-state index contributed by atoms with van der Waals surface area (Å²) in [6.45, 7) is 3.37. The van der Waals surface area contributed by atoms with Gasteiger partial charge >= 0.3 is 0 Å². The number of aryl methyl sites for hydroxylation is 2. The van der Waals surface area contributed by atoms with E-state index in [2.05, 4.69) is 5.32 Å². The topological polar surface area (TPSA) is 95.9 Å². The first-order valence-electron chi connectivity index (χ1n) is 7.38. The SMILES string of the molecule is Cc1ccc(OCC(=O)NCC(=O)c2ccc(O)cc2O)c(C)c1. The lowest BCUT2D eigenvalue weighted by atomic mass is 10.1. The number of ketones is 1. The van der Waals surface area contributed by atoms with Crippen molar-refractivity contribution in [2.24, 2.45) is 0 Å². The van der Waals surface area contributed by atoms with E-state index < -0.39 is 11.7 Å². The lowest BCUT2D eigenvalue weighted by molar-refractivity contribution is -0.122. The summed E-state index contributed by atoms with van der Waals surface area (Å²) in [7, 11) is 0. The van der Waals surface area contributed by atoms with Gasteiger partial charge in [-0.2, -0.15) is 0 Å². The second-order valence-corrected chi connectivity index (χ2v) is 5.46. The van der Waals surface area contributed by atoms with Crippen LogP contribution in [0.15, 0.2) is 36.4 Å². The predicted octanol–water partition coefficient (Wildman–Crippen LogP) is 2.09. The maximum atomic E-state index is 11.9. The molecule has 126 valence electrons. The average molecular weight is 329 g/mol. The largest absolute Gasteiger partial charge is 0.508 e. The Bertz CT molecular complexity index is 770. The summed E-state index contributed by atoms with van der Waals surface area (Å²) in [6.07, 6.45) is 0. The summed E-state index contributed by atoms with van der Waals surface area (Å²) in [5.41, 5.74) is 2.06. The van der Waals surface area contributed by atoms with Crippen LogP contribution in [0.5, 0.6) is 17.2 Å². The first-order chi connectivity index (χ1) is 11.4. The van der Waals surface area contributed by atoms with Crippen LogP contribution in [0.2, 0.25) is 0 Å². The summed E-state index contributed by atoms with van der Waals surface area (Å²) in [5, 5.41) is 21.2. The molecule has 0 saturated carbocycles. The fraction of sp³-hybridized carbons (Fsp3) is 0.222. The zero-order chi connectivity index (χ0) is 17.7. The van der Waals surface area contributed by atoms with Crippen LogP contribution in [-0.2, 0) is 4.79 Å². The van der Waals surface area contributed by atoms with Crippen LogP contribution in [-0.4, -0.2) is 35.1 Å². The van der Waals surface area contributed by atoms with Gasteiger partial charge in [-0.3, -0.25) is 9.59 Å². The Morgan fingerprint density at radius 3 is 2.50 bits per heavy atom. The summed E-state index contributed by atoms with van der Waals surface area (Å²) in [5.74, 6) is -0.775. The van der Waals surface area contributed by atoms with E-state index >= 15 is 0 Å². The molecule has 2 aromatic rings. The van der Waals surface area contributed by atoms with Crippen LogP contribution in [0.3, 0.4) is 0 Å². The monoisotopic (exact) mass is 329 g/mol. The van der Waals surface area contributed by atoms with Gasteiger partial charge in [0.2, 0.25) is 0 Å². The molecule has 1 amide bonds. The molecular weight excluding hydrogens is 310 g/mol. The quantitative estimate of drug-likeness (QED) is 0.705. The summed E-state index contributed by atoms with van der Waals surface area (Å²) >= 11 is 0. The molecule has 2 rings (SSSR count). The lowest BCUT2D eigenvalue weighted by Crippen LogP contribution is -2.33. The van der Waals surface area contributed by atoms with E-state index in [9.17, 15) is 19.8 Å². The Labute approximate surface area is 139 Å². The fourth-order valence-electron chi connectivity index (χ4n) is 2.19. The van der Waals surface area contributed by atoms with Gasteiger partial charge in [-0.05, 0) is 37.6 Å². The highest BCUT2D eigenvalue weighted by Gasteiger charge is 2.13. The van der Waals surface area contributed by atoms with Gasteiger partial charge in [-0.25, -0.2) is 0 Å². The minimum absolute atomic E-state index is 0.0309. The minimum Gasteiger partial charge on any atom is -0.508 e. The summed E-state index contributed by atoms with van der Waals surface area (Å²) in [6, 6.07) is 9.28. The Hall–Kier alpha value is -3.02. The van der Waals surface area contributed by atoms with Crippen molar-refractivity contribution in [1.29, 1.82) is 0 Å². The van der Waals surface area contributed by atoms with Gasteiger partial charge in [0.25, 0.3) is 5.91 Å². The molecule has 0 aliphatic rings. The van der Waals surface area contributed by atoms with E-state index in [1.807, 2.05) is 26.0 Å². The van der Waals surface area contributed by atoms with E-state index in [0.29, 0.717) is 5.75 Å². The molecule has 0 aliphatic carbocycles. The highest BCUT2D eigenvalue weighted by molar-refractivity contribution is 6.01. The van der Waals surface area contributed by atoms with E-state index in [4.69, 9.17) is 4.74 Å². The number of rotatable bonds is 6. The van der Waals surface area contributed by atoms with Crippen molar-refractivity contribution >= 4 is 11.7 Å². The Morgan fingerprint density at radius 1 is 1.08 bits per heavy atom. The van der Waals surface area contributed by atoms with E-state index in [0.717, 1.165) is 17.2 Å². The molecule has 0 fully saturated rings. The second kappa shape index (κ2) is 7.50. The molecule has 0 atom stereocenters. The van der Waals surface area contributed by atoms with Crippen molar-refractivity contribution in [3.63, 3.8) is 0 Å². The standard InChI is InChI=1S/C18H19NO5/c1-11-3-6-17(12(2)7-11)24-10-18(23)19-9-16(22)14-5-4-13(20)8-15(14)21/h3-8,20-21H,9-10H2,1-2H3,(H,19,23). The van der Waals surface area contributed by atoms with Gasteiger partial charge in [0.15, 0.2) is 12.4 Å². The van der Waals surface area contributed by atoms with Crippen LogP contribution in [0.4, 0.5) is 0 Å². The molecular formula is C18H19NO5. The number of benzene rings is 2. The van der Waals surface area contributed by atoms with Gasteiger partial charge in [-0.1, -0.05) is 17.7 Å². The highest BCUT2D eigenvalue weighted by Crippen LogP contribution is 2.22. The number of phenolic OH excluding ortho intramolecular Hbond substituents is 2. The van der Waals surface area contributed by atoms with Crippen molar-refractivity contribution in [1.82, 2.24) is 5.32 Å². The van der Waals surface area contributed by atoms with Gasteiger partial charge in [0.05, 0.1) is 12.1 Å². The normalized spacial score (nSPS) is 10.2. The molecule has 0 heterocycles. The smallest absolute Gasteiger partial charge is 0.258 e. The van der Waals surface area contributed by atoms with Crippen LogP contribution in [0, 0.1) is 13.8 Å². The fourth-order valence-corrected chi connectivity index (χ4v) is 2.19. The molecule has 0 unspecified atom stereocenters. The van der Waals surface area contributed by atoms with Crippen molar-refractivity contribution in [3.8, 4) is 17.2 Å². The van der Waals surface area contributed by atoms with E-state index in [-0.39, 0.29) is 30.2 Å². The van der Waals surface area contributed by atoms with Crippen molar-refractivity contribution < 1.29 is 24.5 Å². The number of hydrogen-bond donors (Lipinski definition) is 3. The zero-order valence-electron chi connectivity index (χ0n) is 13.5. The molecule has 0 radical (unpaired) electrons. The Morgan fingerprint density at radius 2 is 1.83 bits per heavy atom. The number of amides is 1. The van der Waals surface area contributed by atoms with Crippen molar-refractivity contribution in [2.75, 3.05) is 13.2 Å². The number of ether oxygens (including phenoxy) is 1. The predicted molar refractivity (Wildman–Crippen MR) is 88.5 cm³/mol. The highest BCUT2D eigenvalue weighted by atomic mass is 16.5. The number of carbonyl (C=O) groups is 2. The summed E-state index contributed by atoms with van der Waals surface area (Å²) < 4.78 is 5.43. The first kappa shape index (κ1) is 17.3. The molecule has 0 aromatic heterocycles. The van der Waals surface area contributed by atoms with Crippen LogP contribution in [0.1, 0.15) is 21.5 Å². The van der Waals surface area contributed by atoms with E-state index in [1.54, 1.807) is 6.07 Å². The van der Waals surface area contributed by atoms with Gasteiger partial charge < -0.3 is 20.3 Å². The molecule has 0 spiro atoms. The number of phenols is 2. The van der Waals surface area contributed by atoms with Crippen molar-refractivity contribution in [3.05, 3.63) is 53.1 Å². The van der Waals surface area contributed by atoms with Gasteiger partial charge in [-0.15, -0.1) is 0 Å². The Kier molecular flexibility index (Phi) is 5.42. The maximum absolute atomic E-state index is 11.9. The minimum atomic E-state index is -0.465. The summed E-state index contributed by atoms with van der Waals surface area (Å²) in [4.78, 5) is 23.7. The number of aromatic hydroxyl groups is 2. The van der Waals surface area contributed by atoms with Crippen LogP contribution in [0.25, 0.3) is 0 Å². The number of Topliss-reactive ketones (excluding diaryl/α,β-unsaturated/α-hetero) is 1. The first-order valence-corrected chi connectivity index (χ1v) is 7.38.